The third-order valence-electron chi connectivity index (χ3n) is 1.08. The summed E-state index contributed by atoms with van der Waals surface area (Å²) < 4.78 is 0. The molecule has 0 amide bonds. The molecule has 2 heteroatoms. The molecule has 0 aliphatic carbocycles. The van der Waals surface area contributed by atoms with Gasteiger partial charge < -0.3 is 0 Å². The van der Waals surface area contributed by atoms with E-state index in [1.54, 1.807) is 10.8 Å². The molecular formula is C7H16S2. The number of hydrogen-bond acceptors (Lipinski definition) is 2. The van der Waals surface area contributed by atoms with E-state index in [0.29, 0.717) is 10.7 Å². The lowest BCUT2D eigenvalue weighted by Crippen LogP contribution is -2.11. The van der Waals surface area contributed by atoms with Gasteiger partial charge in [-0.3, -0.25) is 0 Å². The Morgan fingerprint density at radius 3 is 2.00 bits per heavy atom. The van der Waals surface area contributed by atoms with E-state index >= 15 is 0 Å². The monoisotopic (exact) mass is 164 g/mol. The van der Waals surface area contributed by atoms with Gasteiger partial charge in [-0.1, -0.05) is 38.5 Å². The second kappa shape index (κ2) is 3.77. The fraction of sp³-hybridized carbons (Fsp3) is 1.00. The fourth-order valence-electron chi connectivity index (χ4n) is 0.900. The number of thiol groups is 1. The van der Waals surface area contributed by atoms with Crippen LogP contribution in [0.1, 0.15) is 34.1 Å². The highest BCUT2D eigenvalue weighted by Crippen LogP contribution is 2.28. The van der Waals surface area contributed by atoms with Crippen LogP contribution in [0.2, 0.25) is 0 Å². The minimum atomic E-state index is 0.454. The molecule has 0 aromatic heterocycles. The second-order valence-electron chi connectivity index (χ2n) is 3.68. The molecule has 0 saturated carbocycles. The van der Waals surface area contributed by atoms with Gasteiger partial charge >= 0.3 is 0 Å². The lowest BCUT2D eigenvalue weighted by Gasteiger charge is -2.21. The van der Waals surface area contributed by atoms with Crippen molar-refractivity contribution >= 4 is 22.5 Å². The van der Waals surface area contributed by atoms with E-state index in [9.17, 15) is 0 Å². The predicted octanol–water partition coefficient (Wildman–Crippen LogP) is 3.39. The minimum Gasteiger partial charge on any atom is -0.111 e. The highest BCUT2D eigenvalue weighted by molar-refractivity contribution is 8.68. The van der Waals surface area contributed by atoms with E-state index < -0.39 is 0 Å². The first-order valence-corrected chi connectivity index (χ1v) is 5.19. The summed E-state index contributed by atoms with van der Waals surface area (Å²) in [4.78, 5) is 0. The molecule has 0 radical (unpaired) electrons. The van der Waals surface area contributed by atoms with E-state index in [2.05, 4.69) is 39.4 Å². The number of hydrogen-bond donors (Lipinski definition) is 1. The molecule has 0 aliphatic rings. The van der Waals surface area contributed by atoms with E-state index in [1.807, 2.05) is 0 Å². The molecule has 0 N–H and O–H groups in total. The molecule has 56 valence electrons. The summed E-state index contributed by atoms with van der Waals surface area (Å²) in [6, 6.07) is 0. The average Bonchev–Trinajstić information content (AvgIpc) is 1.62. The molecule has 0 aromatic carbocycles. The van der Waals surface area contributed by atoms with Gasteiger partial charge in [0.05, 0.1) is 0 Å². The fourth-order valence-corrected chi connectivity index (χ4v) is 1.70. The molecule has 0 aromatic rings. The van der Waals surface area contributed by atoms with Crippen LogP contribution in [-0.4, -0.2) is 5.25 Å². The topological polar surface area (TPSA) is 0 Å². The Labute approximate surface area is 67.6 Å². The molecule has 0 nitrogen and oxygen atoms in total. The van der Waals surface area contributed by atoms with Crippen LogP contribution in [0.5, 0.6) is 0 Å². The van der Waals surface area contributed by atoms with Crippen molar-refractivity contribution < 1.29 is 0 Å². The molecule has 0 heterocycles. The zero-order valence-electron chi connectivity index (χ0n) is 6.64. The van der Waals surface area contributed by atoms with Crippen molar-refractivity contribution in [1.29, 1.82) is 0 Å². The smallest absolute Gasteiger partial charge is 0.0125 e. The molecule has 0 spiro atoms. The third kappa shape index (κ3) is 6.59. The van der Waals surface area contributed by atoms with Crippen molar-refractivity contribution in [2.75, 3.05) is 0 Å². The Hall–Kier alpha value is 0.700. The van der Waals surface area contributed by atoms with Crippen LogP contribution in [0.15, 0.2) is 0 Å². The zero-order chi connectivity index (χ0) is 7.49. The summed E-state index contributed by atoms with van der Waals surface area (Å²) in [6.45, 7) is 8.98. The molecule has 0 bridgehead atoms. The van der Waals surface area contributed by atoms with Crippen molar-refractivity contribution in [2.24, 2.45) is 5.41 Å². The third-order valence-corrected chi connectivity index (χ3v) is 2.69. The van der Waals surface area contributed by atoms with Gasteiger partial charge in [0, 0.05) is 5.25 Å². The molecule has 1 unspecified atom stereocenters. The van der Waals surface area contributed by atoms with E-state index in [4.69, 9.17) is 0 Å². The number of rotatable bonds is 2. The normalized spacial score (nSPS) is 15.7. The first kappa shape index (κ1) is 9.70. The van der Waals surface area contributed by atoms with Crippen LogP contribution in [0.4, 0.5) is 0 Å². The largest absolute Gasteiger partial charge is 0.111 e. The average molecular weight is 164 g/mol. The SMILES string of the molecule is CC(CC(C)(C)C)SS. The molecule has 0 aliphatic heterocycles. The Morgan fingerprint density at radius 2 is 1.89 bits per heavy atom. The zero-order valence-corrected chi connectivity index (χ0v) is 8.35. The van der Waals surface area contributed by atoms with Gasteiger partial charge in [0.2, 0.25) is 0 Å². The highest BCUT2D eigenvalue weighted by atomic mass is 33.1. The van der Waals surface area contributed by atoms with Gasteiger partial charge in [-0.15, -0.1) is 11.7 Å². The summed E-state index contributed by atoms with van der Waals surface area (Å²) in [5.41, 5.74) is 0.454. The lowest BCUT2D eigenvalue weighted by atomic mass is 9.91. The van der Waals surface area contributed by atoms with Crippen LogP contribution < -0.4 is 0 Å². The van der Waals surface area contributed by atoms with E-state index in [0.717, 1.165) is 0 Å². The van der Waals surface area contributed by atoms with Crippen molar-refractivity contribution in [3.63, 3.8) is 0 Å². The first-order valence-electron chi connectivity index (χ1n) is 3.26. The van der Waals surface area contributed by atoms with Crippen molar-refractivity contribution in [3.05, 3.63) is 0 Å². The standard InChI is InChI=1S/C7H16S2/c1-6(9-8)5-7(2,3)4/h6,8H,5H2,1-4H3. The molecule has 9 heavy (non-hydrogen) atoms. The van der Waals surface area contributed by atoms with E-state index in [-0.39, 0.29) is 0 Å². The van der Waals surface area contributed by atoms with Crippen LogP contribution in [0, 0.1) is 5.41 Å². The van der Waals surface area contributed by atoms with E-state index in [1.165, 1.54) is 6.42 Å². The maximum Gasteiger partial charge on any atom is 0.0125 e. The van der Waals surface area contributed by atoms with Gasteiger partial charge in [-0.25, -0.2) is 0 Å². The van der Waals surface area contributed by atoms with Gasteiger partial charge in [-0.2, -0.15) is 0 Å². The summed E-state index contributed by atoms with van der Waals surface area (Å²) in [7, 11) is 1.65. The van der Waals surface area contributed by atoms with Gasteiger partial charge in [0.25, 0.3) is 0 Å². The Morgan fingerprint density at radius 1 is 1.44 bits per heavy atom. The maximum absolute atomic E-state index is 4.14. The van der Waals surface area contributed by atoms with Crippen LogP contribution in [0.3, 0.4) is 0 Å². The first-order chi connectivity index (χ1) is 3.95. The summed E-state index contributed by atoms with van der Waals surface area (Å²) in [5, 5.41) is 0.674. The Kier molecular flexibility index (Phi) is 4.06. The van der Waals surface area contributed by atoms with Crippen LogP contribution in [-0.2, 0) is 0 Å². The summed E-state index contributed by atoms with van der Waals surface area (Å²) in [6.07, 6.45) is 1.24. The van der Waals surface area contributed by atoms with Crippen molar-refractivity contribution in [2.45, 2.75) is 39.4 Å². The molecule has 1 atom stereocenters. The van der Waals surface area contributed by atoms with Gasteiger partial charge in [0.1, 0.15) is 0 Å². The minimum absolute atomic E-state index is 0.454. The predicted molar refractivity (Wildman–Crippen MR) is 50.1 cm³/mol. The Balaban J connectivity index is 3.47. The molecule has 0 rings (SSSR count). The Bertz CT molecular complexity index is 73.5. The van der Waals surface area contributed by atoms with Crippen LogP contribution >= 0.6 is 22.5 Å². The summed E-state index contributed by atoms with van der Waals surface area (Å²) in [5.74, 6) is 0. The van der Waals surface area contributed by atoms with Crippen molar-refractivity contribution in [1.82, 2.24) is 0 Å². The van der Waals surface area contributed by atoms with Gasteiger partial charge in [0.15, 0.2) is 0 Å². The molecule has 0 fully saturated rings. The summed E-state index contributed by atoms with van der Waals surface area (Å²) >= 11 is 4.14. The molecular weight excluding hydrogens is 148 g/mol. The molecule has 0 saturated heterocycles. The van der Waals surface area contributed by atoms with Gasteiger partial charge in [-0.05, 0) is 11.8 Å². The second-order valence-corrected chi connectivity index (χ2v) is 5.33. The quantitative estimate of drug-likeness (QED) is 0.482. The van der Waals surface area contributed by atoms with Crippen molar-refractivity contribution in [3.8, 4) is 0 Å². The lowest BCUT2D eigenvalue weighted by molar-refractivity contribution is 0.379. The maximum atomic E-state index is 4.14. The van der Waals surface area contributed by atoms with Crippen LogP contribution in [0.25, 0.3) is 0 Å². The highest BCUT2D eigenvalue weighted by Gasteiger charge is 2.13.